The molecule has 0 aliphatic carbocycles. The Kier molecular flexibility index (Phi) is 5.10. The minimum Gasteiger partial charge on any atom is -0.497 e. The third-order valence-corrected chi connectivity index (χ3v) is 5.40. The maximum absolute atomic E-state index is 12.0. The molecule has 0 bridgehead atoms. The quantitative estimate of drug-likeness (QED) is 0.636. The van der Waals surface area contributed by atoms with Gasteiger partial charge in [0, 0.05) is 36.3 Å². The second-order valence-electron chi connectivity index (χ2n) is 6.35. The van der Waals surface area contributed by atoms with Crippen molar-refractivity contribution in [2.45, 2.75) is 24.4 Å². The number of aromatic amines is 1. The van der Waals surface area contributed by atoms with Crippen LogP contribution in [0.2, 0.25) is 0 Å². The highest BCUT2D eigenvalue weighted by Gasteiger charge is 2.28. The number of hydrogen-bond donors (Lipinski definition) is 1. The Hall–Kier alpha value is -2.78. The van der Waals surface area contributed by atoms with Crippen LogP contribution in [0.25, 0.3) is 11.0 Å². The van der Waals surface area contributed by atoms with E-state index in [9.17, 15) is 4.79 Å². The molecule has 1 N–H and O–H groups in total. The molecule has 9 heteroatoms. The van der Waals surface area contributed by atoms with Crippen LogP contribution in [0, 0.1) is 6.92 Å². The van der Waals surface area contributed by atoms with Crippen LogP contribution in [0.1, 0.15) is 16.8 Å². The zero-order chi connectivity index (χ0) is 19.7. The zero-order valence-corrected chi connectivity index (χ0v) is 16.6. The predicted octanol–water partition coefficient (Wildman–Crippen LogP) is 2.85. The summed E-state index contributed by atoms with van der Waals surface area (Å²) in [5.41, 5.74) is 4.53. The molecule has 0 spiro atoms. The van der Waals surface area contributed by atoms with E-state index < -0.39 is 0 Å². The Morgan fingerprint density at radius 1 is 1.39 bits per heavy atom. The number of imidazole rings is 1. The Balaban J connectivity index is 1.48. The lowest BCUT2D eigenvalue weighted by atomic mass is 10.1. The number of benzene rings is 1. The molecule has 0 saturated heterocycles. The second-order valence-corrected chi connectivity index (χ2v) is 7.32. The van der Waals surface area contributed by atoms with E-state index >= 15 is 0 Å². The fourth-order valence-corrected chi connectivity index (χ4v) is 3.91. The maximum atomic E-state index is 12.0. The molecule has 146 valence electrons. The number of amides is 1. The highest BCUT2D eigenvalue weighted by Crippen LogP contribution is 2.34. The van der Waals surface area contributed by atoms with Crippen molar-refractivity contribution in [1.82, 2.24) is 20.0 Å². The van der Waals surface area contributed by atoms with Gasteiger partial charge in [0.25, 0.3) is 5.91 Å². The van der Waals surface area contributed by atoms with Crippen LogP contribution in [0.15, 0.2) is 29.6 Å². The highest BCUT2D eigenvalue weighted by molar-refractivity contribution is 7.98. The van der Waals surface area contributed by atoms with Gasteiger partial charge in [0.15, 0.2) is 10.9 Å². The number of fused-ring (bicyclic) bond motifs is 2. The van der Waals surface area contributed by atoms with Crippen molar-refractivity contribution in [3.63, 3.8) is 0 Å². The number of carbonyl (C=O) groups is 1. The summed E-state index contributed by atoms with van der Waals surface area (Å²) < 4.78 is 10.1. The van der Waals surface area contributed by atoms with Gasteiger partial charge in [0.2, 0.25) is 0 Å². The molecule has 0 atom stereocenters. The monoisotopic (exact) mass is 400 g/mol. The lowest BCUT2D eigenvalue weighted by molar-refractivity contribution is -0.159. The van der Waals surface area contributed by atoms with Gasteiger partial charge < -0.3 is 19.3 Å². The van der Waals surface area contributed by atoms with Crippen molar-refractivity contribution in [2.24, 2.45) is 0 Å². The van der Waals surface area contributed by atoms with E-state index in [0.29, 0.717) is 18.0 Å². The third kappa shape index (κ3) is 3.50. The van der Waals surface area contributed by atoms with Gasteiger partial charge in [0.1, 0.15) is 12.4 Å². The molecule has 4 rings (SSSR count). The van der Waals surface area contributed by atoms with E-state index in [-0.39, 0.29) is 12.5 Å². The Morgan fingerprint density at radius 3 is 3.04 bits per heavy atom. The first-order valence-electron chi connectivity index (χ1n) is 8.70. The third-order valence-electron chi connectivity index (χ3n) is 4.52. The van der Waals surface area contributed by atoms with Crippen LogP contribution in [0.4, 0.5) is 0 Å². The SMILES string of the molecule is COCC(=O)N1Cc2cnc(CSc3nc4ccc(OC)cc4[nH]3)c(C)c2O1. The number of ether oxygens (including phenoxy) is 2. The molecule has 0 radical (unpaired) electrons. The van der Waals surface area contributed by atoms with Crippen molar-refractivity contribution < 1.29 is 19.1 Å². The van der Waals surface area contributed by atoms with Gasteiger partial charge in [-0.15, -0.1) is 0 Å². The van der Waals surface area contributed by atoms with Gasteiger partial charge >= 0.3 is 0 Å². The summed E-state index contributed by atoms with van der Waals surface area (Å²) in [5.74, 6) is 1.90. The predicted molar refractivity (Wildman–Crippen MR) is 104 cm³/mol. The van der Waals surface area contributed by atoms with Gasteiger partial charge in [-0.05, 0) is 19.1 Å². The molecule has 28 heavy (non-hydrogen) atoms. The number of hydroxylamine groups is 2. The fraction of sp³-hybridized carbons (Fsp3) is 0.316. The molecule has 1 aromatic carbocycles. The Labute approximate surface area is 166 Å². The van der Waals surface area contributed by atoms with Gasteiger partial charge in [0.05, 0.1) is 30.4 Å². The van der Waals surface area contributed by atoms with Crippen LogP contribution in [-0.4, -0.2) is 46.7 Å². The maximum Gasteiger partial charge on any atom is 0.281 e. The summed E-state index contributed by atoms with van der Waals surface area (Å²) >= 11 is 1.56. The lowest BCUT2D eigenvalue weighted by Crippen LogP contribution is -2.32. The smallest absolute Gasteiger partial charge is 0.281 e. The molecule has 2 aromatic heterocycles. The number of aromatic nitrogens is 3. The molecule has 0 unspecified atom stereocenters. The van der Waals surface area contributed by atoms with Crippen molar-refractivity contribution in [2.75, 3.05) is 20.8 Å². The van der Waals surface area contributed by atoms with Gasteiger partial charge in [-0.1, -0.05) is 11.8 Å². The molecule has 3 heterocycles. The van der Waals surface area contributed by atoms with Crippen molar-refractivity contribution in [3.05, 3.63) is 41.2 Å². The van der Waals surface area contributed by atoms with Crippen LogP contribution < -0.4 is 9.57 Å². The van der Waals surface area contributed by atoms with E-state index in [1.54, 1.807) is 25.1 Å². The fourth-order valence-electron chi connectivity index (χ4n) is 3.00. The number of nitrogens with one attached hydrogen (secondary N) is 1. The van der Waals surface area contributed by atoms with E-state index in [1.807, 2.05) is 25.1 Å². The topological polar surface area (TPSA) is 89.6 Å². The average Bonchev–Trinajstić information content (AvgIpc) is 3.31. The van der Waals surface area contributed by atoms with Crippen LogP contribution in [0.3, 0.4) is 0 Å². The van der Waals surface area contributed by atoms with Gasteiger partial charge in [-0.3, -0.25) is 9.78 Å². The molecule has 3 aromatic rings. The molecular formula is C19H20N4O4S. The number of hydrogen-bond acceptors (Lipinski definition) is 7. The number of carbonyl (C=O) groups excluding carboxylic acids is 1. The minimum atomic E-state index is -0.216. The second kappa shape index (κ2) is 7.69. The highest BCUT2D eigenvalue weighted by atomic mass is 32.2. The lowest BCUT2D eigenvalue weighted by Gasteiger charge is -2.14. The van der Waals surface area contributed by atoms with E-state index in [4.69, 9.17) is 14.3 Å². The number of rotatable bonds is 6. The normalized spacial score (nSPS) is 12.9. The van der Waals surface area contributed by atoms with Crippen molar-refractivity contribution in [3.8, 4) is 11.5 Å². The number of nitrogens with zero attached hydrogens (tertiary/aromatic N) is 3. The summed E-state index contributed by atoms with van der Waals surface area (Å²) in [6.45, 7) is 2.32. The molecular weight excluding hydrogens is 380 g/mol. The van der Waals surface area contributed by atoms with Crippen molar-refractivity contribution >= 4 is 28.7 Å². The minimum absolute atomic E-state index is 0.0139. The van der Waals surface area contributed by atoms with Crippen LogP contribution in [0.5, 0.6) is 11.5 Å². The zero-order valence-electron chi connectivity index (χ0n) is 15.8. The summed E-state index contributed by atoms with van der Waals surface area (Å²) in [7, 11) is 3.12. The number of thioether (sulfide) groups is 1. The molecule has 0 saturated carbocycles. The standard InChI is InChI=1S/C19H20N4O4S/c1-11-16(20-7-12-8-23(27-18(11)12)17(24)9-25-2)10-28-19-21-14-5-4-13(26-3)6-15(14)22-19/h4-7H,8-10H2,1-3H3,(H,21,22). The number of methoxy groups -OCH3 is 2. The average molecular weight is 400 g/mol. The first kappa shape index (κ1) is 18.6. The van der Waals surface area contributed by atoms with E-state index in [0.717, 1.165) is 38.8 Å². The Morgan fingerprint density at radius 2 is 2.25 bits per heavy atom. The molecule has 1 aliphatic heterocycles. The summed E-state index contributed by atoms with van der Waals surface area (Å²) in [6, 6.07) is 5.73. The van der Waals surface area contributed by atoms with Gasteiger partial charge in [-0.25, -0.2) is 4.98 Å². The van der Waals surface area contributed by atoms with Crippen molar-refractivity contribution in [1.29, 1.82) is 0 Å². The van der Waals surface area contributed by atoms with Crippen LogP contribution in [-0.2, 0) is 21.8 Å². The molecule has 1 aliphatic rings. The van der Waals surface area contributed by atoms with Crippen LogP contribution >= 0.6 is 11.8 Å². The van der Waals surface area contributed by atoms with E-state index in [2.05, 4.69) is 15.0 Å². The summed E-state index contributed by atoms with van der Waals surface area (Å²) in [4.78, 5) is 30.2. The molecule has 8 nitrogen and oxygen atoms in total. The Bertz CT molecular complexity index is 1040. The van der Waals surface area contributed by atoms with Gasteiger partial charge in [-0.2, -0.15) is 5.06 Å². The first-order valence-corrected chi connectivity index (χ1v) is 9.68. The number of pyridine rings is 1. The van der Waals surface area contributed by atoms with E-state index in [1.165, 1.54) is 12.2 Å². The first-order chi connectivity index (χ1) is 13.6. The largest absolute Gasteiger partial charge is 0.497 e. The molecule has 0 fully saturated rings. The summed E-state index contributed by atoms with van der Waals surface area (Å²) in [5, 5.41) is 2.12. The summed E-state index contributed by atoms with van der Waals surface area (Å²) in [6.07, 6.45) is 1.77. The number of H-pyrrole nitrogens is 1. The molecule has 1 amide bonds.